The number of imidazole rings is 1. The van der Waals surface area contributed by atoms with Gasteiger partial charge in [-0.1, -0.05) is 29.5 Å². The average molecular weight is 437 g/mol. The number of rotatable bonds is 6. The van der Waals surface area contributed by atoms with Crippen LogP contribution in [0.15, 0.2) is 61.3 Å². The zero-order valence-corrected chi connectivity index (χ0v) is 17.1. The SMILES string of the molecule is O=C(c1c[nH]c2ccccc12)N(CCCn1ccnc1)c1nc2c(F)cc(F)cc2s1. The maximum absolute atomic E-state index is 14.2. The first-order valence-electron chi connectivity index (χ1n) is 9.69. The predicted octanol–water partition coefficient (Wildman–Crippen LogP) is 4.99. The van der Waals surface area contributed by atoms with Crippen LogP contribution in [0, 0.1) is 11.6 Å². The molecule has 0 radical (unpaired) electrons. The lowest BCUT2D eigenvalue weighted by Crippen LogP contribution is -2.32. The van der Waals surface area contributed by atoms with Gasteiger partial charge in [-0.15, -0.1) is 0 Å². The number of aryl methyl sites for hydroxylation is 1. The minimum atomic E-state index is -0.740. The number of hydrogen-bond acceptors (Lipinski definition) is 4. The second-order valence-electron chi connectivity index (χ2n) is 7.09. The average Bonchev–Trinajstić information content (AvgIpc) is 3.50. The Morgan fingerprint density at radius 2 is 2.10 bits per heavy atom. The highest BCUT2D eigenvalue weighted by atomic mass is 32.1. The van der Waals surface area contributed by atoms with E-state index in [9.17, 15) is 13.6 Å². The summed E-state index contributed by atoms with van der Waals surface area (Å²) in [4.78, 5) is 26.5. The molecule has 0 aliphatic rings. The lowest BCUT2D eigenvalue weighted by Gasteiger charge is -2.19. The summed E-state index contributed by atoms with van der Waals surface area (Å²) in [5.41, 5.74) is 1.42. The first-order valence-corrected chi connectivity index (χ1v) is 10.5. The number of aromatic amines is 1. The summed E-state index contributed by atoms with van der Waals surface area (Å²) in [7, 11) is 0. The number of benzene rings is 2. The Morgan fingerprint density at radius 3 is 2.94 bits per heavy atom. The van der Waals surface area contributed by atoms with Gasteiger partial charge in [-0.3, -0.25) is 9.69 Å². The summed E-state index contributed by atoms with van der Waals surface area (Å²) >= 11 is 1.10. The van der Waals surface area contributed by atoms with Gasteiger partial charge in [0.1, 0.15) is 11.3 Å². The van der Waals surface area contributed by atoms with Gasteiger partial charge in [0.25, 0.3) is 5.91 Å². The number of H-pyrrole nitrogens is 1. The van der Waals surface area contributed by atoms with Crippen molar-refractivity contribution in [2.75, 3.05) is 11.4 Å². The Bertz CT molecular complexity index is 1380. The van der Waals surface area contributed by atoms with E-state index in [-0.39, 0.29) is 11.4 Å². The summed E-state index contributed by atoms with van der Waals surface area (Å²) in [6.07, 6.45) is 7.56. The Balaban J connectivity index is 1.52. The van der Waals surface area contributed by atoms with E-state index < -0.39 is 11.6 Å². The van der Waals surface area contributed by atoms with Crippen LogP contribution in [-0.2, 0) is 6.54 Å². The first kappa shape index (κ1) is 19.4. The molecule has 3 aromatic heterocycles. The van der Waals surface area contributed by atoms with E-state index in [1.54, 1.807) is 18.7 Å². The minimum Gasteiger partial charge on any atom is -0.360 e. The predicted molar refractivity (Wildman–Crippen MR) is 116 cm³/mol. The Kier molecular flexibility index (Phi) is 4.95. The van der Waals surface area contributed by atoms with Crippen molar-refractivity contribution in [1.29, 1.82) is 0 Å². The molecular weight excluding hydrogens is 420 g/mol. The number of carbonyl (C=O) groups excluding carboxylic acids is 1. The number of carbonyl (C=O) groups is 1. The molecule has 0 saturated carbocycles. The highest BCUT2D eigenvalue weighted by Gasteiger charge is 2.24. The van der Waals surface area contributed by atoms with Crippen molar-refractivity contribution in [1.82, 2.24) is 19.5 Å². The van der Waals surface area contributed by atoms with Crippen LogP contribution in [0.2, 0.25) is 0 Å². The Hall–Kier alpha value is -3.59. The molecule has 9 heteroatoms. The van der Waals surface area contributed by atoms with E-state index in [0.717, 1.165) is 28.3 Å². The molecule has 0 aliphatic carbocycles. The zero-order chi connectivity index (χ0) is 21.4. The van der Waals surface area contributed by atoms with Crippen molar-refractivity contribution >= 4 is 43.5 Å². The molecule has 1 amide bonds. The van der Waals surface area contributed by atoms with Gasteiger partial charge >= 0.3 is 0 Å². The Morgan fingerprint density at radius 1 is 1.23 bits per heavy atom. The molecule has 0 atom stereocenters. The van der Waals surface area contributed by atoms with Gasteiger partial charge in [0.05, 0.1) is 16.6 Å². The van der Waals surface area contributed by atoms with Crippen LogP contribution in [0.1, 0.15) is 16.8 Å². The van der Waals surface area contributed by atoms with Crippen LogP contribution in [-0.4, -0.2) is 32.0 Å². The fourth-order valence-electron chi connectivity index (χ4n) is 3.57. The topological polar surface area (TPSA) is 66.8 Å². The lowest BCUT2D eigenvalue weighted by molar-refractivity contribution is 0.0988. The fraction of sp³-hybridized carbons (Fsp3) is 0.136. The molecular formula is C22H17F2N5OS. The van der Waals surface area contributed by atoms with Crippen LogP contribution in [0.25, 0.3) is 21.1 Å². The van der Waals surface area contributed by atoms with Crippen LogP contribution in [0.3, 0.4) is 0 Å². The standard InChI is InChI=1S/C22H17F2N5OS/c23-14-10-17(24)20-19(11-14)31-22(27-20)29(8-3-7-28-9-6-25-13-28)21(30)16-12-26-18-5-2-1-4-15(16)18/h1-2,4-6,9-13,26H,3,7-8H2. The number of hydrogen-bond donors (Lipinski definition) is 1. The number of nitrogens with zero attached hydrogens (tertiary/aromatic N) is 4. The van der Waals surface area contributed by atoms with Crippen molar-refractivity contribution in [3.63, 3.8) is 0 Å². The summed E-state index contributed by atoms with van der Waals surface area (Å²) < 4.78 is 30.2. The maximum Gasteiger partial charge on any atom is 0.262 e. The molecule has 3 heterocycles. The summed E-state index contributed by atoms with van der Waals surface area (Å²) in [6.45, 7) is 1.02. The van der Waals surface area contributed by atoms with Gasteiger partial charge in [-0.25, -0.2) is 18.7 Å². The molecule has 2 aromatic carbocycles. The number of nitrogens with one attached hydrogen (secondary N) is 1. The molecule has 0 saturated heterocycles. The minimum absolute atomic E-state index is 0.0627. The van der Waals surface area contributed by atoms with Crippen LogP contribution in [0.5, 0.6) is 0 Å². The molecule has 0 aliphatic heterocycles. The first-order chi connectivity index (χ1) is 15.1. The maximum atomic E-state index is 14.2. The number of halogens is 2. The molecule has 0 spiro atoms. The molecule has 31 heavy (non-hydrogen) atoms. The van der Waals surface area contributed by atoms with Gasteiger partial charge in [0.2, 0.25) is 0 Å². The van der Waals surface area contributed by atoms with Crippen LogP contribution >= 0.6 is 11.3 Å². The van der Waals surface area contributed by atoms with E-state index in [2.05, 4.69) is 15.0 Å². The largest absolute Gasteiger partial charge is 0.360 e. The smallest absolute Gasteiger partial charge is 0.262 e. The molecule has 0 unspecified atom stereocenters. The molecule has 156 valence electrons. The van der Waals surface area contributed by atoms with Crippen molar-refractivity contribution < 1.29 is 13.6 Å². The number of amides is 1. The number of para-hydroxylation sites is 1. The fourth-order valence-corrected chi connectivity index (χ4v) is 4.60. The normalized spacial score (nSPS) is 11.4. The van der Waals surface area contributed by atoms with Gasteiger partial charge in [-0.05, 0) is 18.6 Å². The van der Waals surface area contributed by atoms with E-state index >= 15 is 0 Å². The van der Waals surface area contributed by atoms with E-state index in [1.165, 1.54) is 11.0 Å². The van der Waals surface area contributed by atoms with Crippen molar-refractivity contribution in [2.24, 2.45) is 0 Å². The highest BCUT2D eigenvalue weighted by molar-refractivity contribution is 7.22. The molecule has 5 rings (SSSR count). The van der Waals surface area contributed by atoms with Crippen LogP contribution in [0.4, 0.5) is 13.9 Å². The summed E-state index contributed by atoms with van der Waals surface area (Å²) in [5, 5.41) is 1.13. The third kappa shape index (κ3) is 3.68. The van der Waals surface area contributed by atoms with E-state index in [1.807, 2.05) is 35.0 Å². The molecule has 5 aromatic rings. The monoisotopic (exact) mass is 437 g/mol. The quantitative estimate of drug-likeness (QED) is 0.407. The second-order valence-corrected chi connectivity index (χ2v) is 8.10. The number of fused-ring (bicyclic) bond motifs is 2. The Labute approximate surface area is 179 Å². The summed E-state index contributed by atoms with van der Waals surface area (Å²) in [6, 6.07) is 9.56. The molecule has 0 fully saturated rings. The molecule has 6 nitrogen and oxygen atoms in total. The number of thiazole rings is 1. The second kappa shape index (κ2) is 7.92. The van der Waals surface area contributed by atoms with Crippen molar-refractivity contribution in [3.05, 3.63) is 78.5 Å². The van der Waals surface area contributed by atoms with Crippen LogP contribution < -0.4 is 4.90 Å². The lowest BCUT2D eigenvalue weighted by atomic mass is 10.1. The van der Waals surface area contributed by atoms with Gasteiger partial charge in [0.15, 0.2) is 10.9 Å². The third-order valence-electron chi connectivity index (χ3n) is 5.05. The van der Waals surface area contributed by atoms with Crippen molar-refractivity contribution in [2.45, 2.75) is 13.0 Å². The molecule has 1 N–H and O–H groups in total. The molecule has 0 bridgehead atoms. The number of aromatic nitrogens is 4. The van der Waals surface area contributed by atoms with Gasteiger partial charge in [0, 0.05) is 48.6 Å². The van der Waals surface area contributed by atoms with E-state index in [4.69, 9.17) is 0 Å². The van der Waals surface area contributed by atoms with Crippen molar-refractivity contribution in [3.8, 4) is 0 Å². The van der Waals surface area contributed by atoms with Gasteiger partial charge in [-0.2, -0.15) is 0 Å². The third-order valence-corrected chi connectivity index (χ3v) is 6.08. The summed E-state index contributed by atoms with van der Waals surface area (Å²) in [5.74, 6) is -1.66. The number of anilines is 1. The van der Waals surface area contributed by atoms with Gasteiger partial charge < -0.3 is 9.55 Å². The zero-order valence-electron chi connectivity index (χ0n) is 16.3. The highest BCUT2D eigenvalue weighted by Crippen LogP contribution is 2.33. The van der Waals surface area contributed by atoms with E-state index in [0.29, 0.717) is 34.9 Å².